The van der Waals surface area contributed by atoms with Gasteiger partial charge in [0.15, 0.2) is 0 Å². The Morgan fingerprint density at radius 1 is 1.53 bits per heavy atom. The molecule has 0 saturated carbocycles. The first-order valence-corrected chi connectivity index (χ1v) is 7.24. The van der Waals surface area contributed by atoms with Gasteiger partial charge in [-0.3, -0.25) is 0 Å². The van der Waals surface area contributed by atoms with Gasteiger partial charge in [-0.05, 0) is 43.9 Å². The second-order valence-electron chi connectivity index (χ2n) is 4.89. The summed E-state index contributed by atoms with van der Waals surface area (Å²) in [5.74, 6) is 0. The molecule has 2 nitrogen and oxygen atoms in total. The molecule has 1 fully saturated rings. The summed E-state index contributed by atoms with van der Waals surface area (Å²) in [5.41, 5.74) is 8.65. The monoisotopic (exact) mass is 296 g/mol. The van der Waals surface area contributed by atoms with Crippen molar-refractivity contribution in [3.8, 4) is 0 Å². The van der Waals surface area contributed by atoms with Crippen LogP contribution in [0.25, 0.3) is 0 Å². The molecule has 1 aromatic carbocycles. The highest BCUT2D eigenvalue weighted by Crippen LogP contribution is 2.34. The molecular weight excluding hydrogens is 276 g/mol. The maximum Gasteiger partial charge on any atom is 0.0428 e. The highest BCUT2D eigenvalue weighted by atomic mass is 79.9. The van der Waals surface area contributed by atoms with Crippen molar-refractivity contribution in [3.05, 3.63) is 28.2 Å². The van der Waals surface area contributed by atoms with Crippen molar-refractivity contribution in [3.63, 3.8) is 0 Å². The predicted molar refractivity (Wildman–Crippen MR) is 77.4 cm³/mol. The number of benzene rings is 1. The summed E-state index contributed by atoms with van der Waals surface area (Å²) in [5, 5.41) is 0. The lowest BCUT2D eigenvalue weighted by atomic mass is 10.0. The Hall–Kier alpha value is -0.540. The molecule has 3 heteroatoms. The van der Waals surface area contributed by atoms with Crippen molar-refractivity contribution in [1.29, 1.82) is 0 Å². The molecule has 94 valence electrons. The number of nitrogens with two attached hydrogens (primary N) is 1. The van der Waals surface area contributed by atoms with E-state index in [4.69, 9.17) is 5.73 Å². The third kappa shape index (κ3) is 2.66. The highest BCUT2D eigenvalue weighted by molar-refractivity contribution is 9.10. The number of hydrogen-bond acceptors (Lipinski definition) is 2. The second kappa shape index (κ2) is 5.40. The third-order valence-electron chi connectivity index (χ3n) is 3.64. The Morgan fingerprint density at radius 2 is 2.29 bits per heavy atom. The van der Waals surface area contributed by atoms with Crippen LogP contribution in [0.1, 0.15) is 44.7 Å². The quantitative estimate of drug-likeness (QED) is 0.918. The maximum absolute atomic E-state index is 6.08. The number of rotatable bonds is 3. The molecule has 0 spiro atoms. The van der Waals surface area contributed by atoms with Crippen LogP contribution in [0.15, 0.2) is 22.7 Å². The number of hydrogen-bond donors (Lipinski definition) is 1. The smallest absolute Gasteiger partial charge is 0.0428 e. The number of anilines is 1. The third-order valence-corrected chi connectivity index (χ3v) is 4.13. The molecule has 1 aliphatic heterocycles. The van der Waals surface area contributed by atoms with Crippen molar-refractivity contribution in [2.24, 2.45) is 5.73 Å². The lowest BCUT2D eigenvalue weighted by Crippen LogP contribution is -2.30. The second-order valence-corrected chi connectivity index (χ2v) is 5.81. The minimum atomic E-state index is 0.0937. The summed E-state index contributed by atoms with van der Waals surface area (Å²) >= 11 is 3.57. The zero-order valence-corrected chi connectivity index (χ0v) is 12.2. The SMILES string of the molecule is CCC1CCCN1c1cc(Br)ccc1C(C)N. The fraction of sp³-hybridized carbons (Fsp3) is 0.571. The largest absolute Gasteiger partial charge is 0.368 e. The molecule has 1 aromatic rings. The molecule has 2 rings (SSSR count). The van der Waals surface area contributed by atoms with E-state index in [9.17, 15) is 0 Å². The molecule has 2 atom stereocenters. The van der Waals surface area contributed by atoms with Gasteiger partial charge >= 0.3 is 0 Å². The fourth-order valence-corrected chi connectivity index (χ4v) is 3.08. The van der Waals surface area contributed by atoms with Crippen molar-refractivity contribution < 1.29 is 0 Å². The summed E-state index contributed by atoms with van der Waals surface area (Å²) in [6.45, 7) is 5.49. The number of nitrogens with zero attached hydrogens (tertiary/aromatic N) is 1. The Balaban J connectivity index is 2.38. The van der Waals surface area contributed by atoms with Gasteiger partial charge in [-0.15, -0.1) is 0 Å². The van der Waals surface area contributed by atoms with Crippen molar-refractivity contribution in [2.45, 2.75) is 45.2 Å². The van der Waals surface area contributed by atoms with Gasteiger partial charge in [0.2, 0.25) is 0 Å². The molecule has 2 N–H and O–H groups in total. The van der Waals surface area contributed by atoms with E-state index in [1.54, 1.807) is 0 Å². The highest BCUT2D eigenvalue weighted by Gasteiger charge is 2.25. The Bertz CT molecular complexity index is 390. The van der Waals surface area contributed by atoms with Gasteiger partial charge in [-0.25, -0.2) is 0 Å². The van der Waals surface area contributed by atoms with E-state index in [1.807, 2.05) is 0 Å². The van der Waals surface area contributed by atoms with E-state index in [0.29, 0.717) is 6.04 Å². The van der Waals surface area contributed by atoms with E-state index in [-0.39, 0.29) is 6.04 Å². The molecule has 0 aliphatic carbocycles. The first-order valence-electron chi connectivity index (χ1n) is 6.45. The minimum Gasteiger partial charge on any atom is -0.368 e. The average molecular weight is 297 g/mol. The molecule has 1 aliphatic rings. The lowest BCUT2D eigenvalue weighted by molar-refractivity contribution is 0.641. The molecule has 0 radical (unpaired) electrons. The summed E-state index contributed by atoms with van der Waals surface area (Å²) < 4.78 is 1.14. The molecule has 1 saturated heterocycles. The van der Waals surface area contributed by atoms with Crippen LogP contribution in [0.2, 0.25) is 0 Å². The molecule has 17 heavy (non-hydrogen) atoms. The fourth-order valence-electron chi connectivity index (χ4n) is 2.73. The average Bonchev–Trinajstić information content (AvgIpc) is 2.76. The van der Waals surface area contributed by atoms with Crippen LogP contribution < -0.4 is 10.6 Å². The van der Waals surface area contributed by atoms with Crippen molar-refractivity contribution in [1.82, 2.24) is 0 Å². The van der Waals surface area contributed by atoms with Crippen LogP contribution in [0.5, 0.6) is 0 Å². The van der Waals surface area contributed by atoms with Gasteiger partial charge in [-0.2, -0.15) is 0 Å². The van der Waals surface area contributed by atoms with Crippen LogP contribution in [-0.2, 0) is 0 Å². The molecule has 0 aromatic heterocycles. The zero-order valence-electron chi connectivity index (χ0n) is 10.6. The molecule has 0 amide bonds. The van der Waals surface area contributed by atoms with E-state index in [0.717, 1.165) is 11.0 Å². The van der Waals surface area contributed by atoms with Crippen LogP contribution >= 0.6 is 15.9 Å². The lowest BCUT2D eigenvalue weighted by Gasteiger charge is -2.29. The van der Waals surface area contributed by atoms with Gasteiger partial charge < -0.3 is 10.6 Å². The summed E-state index contributed by atoms with van der Waals surface area (Å²) in [4.78, 5) is 2.53. The van der Waals surface area contributed by atoms with E-state index in [2.05, 4.69) is 52.9 Å². The van der Waals surface area contributed by atoms with Crippen LogP contribution in [0, 0.1) is 0 Å². The van der Waals surface area contributed by atoms with Gasteiger partial charge in [0.05, 0.1) is 0 Å². The van der Waals surface area contributed by atoms with Crippen LogP contribution in [0.4, 0.5) is 5.69 Å². The molecule has 1 heterocycles. The zero-order chi connectivity index (χ0) is 12.4. The Kier molecular flexibility index (Phi) is 4.10. The summed E-state index contributed by atoms with van der Waals surface area (Å²) in [7, 11) is 0. The van der Waals surface area contributed by atoms with Gasteiger partial charge in [0, 0.05) is 28.8 Å². The molecule has 2 unspecified atom stereocenters. The first kappa shape index (κ1) is 12.9. The molecule has 0 bridgehead atoms. The van der Waals surface area contributed by atoms with Crippen LogP contribution in [-0.4, -0.2) is 12.6 Å². The summed E-state index contributed by atoms with van der Waals surface area (Å²) in [6, 6.07) is 7.22. The van der Waals surface area contributed by atoms with Gasteiger partial charge in [0.1, 0.15) is 0 Å². The van der Waals surface area contributed by atoms with Gasteiger partial charge in [0.25, 0.3) is 0 Å². The summed E-state index contributed by atoms with van der Waals surface area (Å²) in [6.07, 6.45) is 3.82. The maximum atomic E-state index is 6.08. The van der Waals surface area contributed by atoms with E-state index in [1.165, 1.54) is 30.5 Å². The van der Waals surface area contributed by atoms with Gasteiger partial charge in [-0.1, -0.05) is 28.9 Å². The standard InChI is InChI=1S/C14H21BrN2/c1-3-12-5-4-8-17(12)14-9-11(15)6-7-13(14)10(2)16/h6-7,9-10,12H,3-5,8,16H2,1-2H3. The Morgan fingerprint density at radius 3 is 2.94 bits per heavy atom. The topological polar surface area (TPSA) is 29.3 Å². The van der Waals surface area contributed by atoms with E-state index >= 15 is 0 Å². The molecular formula is C14H21BrN2. The minimum absolute atomic E-state index is 0.0937. The first-order chi connectivity index (χ1) is 8.13. The predicted octanol–water partition coefficient (Wildman–Crippen LogP) is 3.85. The van der Waals surface area contributed by atoms with E-state index < -0.39 is 0 Å². The number of halogens is 1. The van der Waals surface area contributed by atoms with Crippen molar-refractivity contribution >= 4 is 21.6 Å². The Labute approximate surface area is 112 Å². The van der Waals surface area contributed by atoms with Crippen molar-refractivity contribution in [2.75, 3.05) is 11.4 Å². The normalized spacial score (nSPS) is 21.9. The van der Waals surface area contributed by atoms with Crippen LogP contribution in [0.3, 0.4) is 0 Å².